The number of carbonyl (C=O) groups is 4. The highest BCUT2D eigenvalue weighted by Gasteiger charge is 2.42. The molecule has 1 aliphatic carbocycles. The first-order valence-corrected chi connectivity index (χ1v) is 13.2. The van der Waals surface area contributed by atoms with Crippen molar-refractivity contribution in [3.8, 4) is 0 Å². The average molecular weight is 548 g/mol. The van der Waals surface area contributed by atoms with Crippen LogP contribution < -0.4 is 16.0 Å². The maximum atomic E-state index is 13.3. The molecule has 1 aliphatic heterocycles. The summed E-state index contributed by atoms with van der Waals surface area (Å²) in [6, 6.07) is 3.02. The molecule has 1 fully saturated rings. The molecule has 3 N–H and O–H groups in total. The molecule has 0 spiro atoms. The molecule has 37 heavy (non-hydrogen) atoms. The van der Waals surface area contributed by atoms with E-state index in [1.165, 1.54) is 29.7 Å². The fourth-order valence-electron chi connectivity index (χ4n) is 4.61. The summed E-state index contributed by atoms with van der Waals surface area (Å²) in [4.78, 5) is 64.5. The van der Waals surface area contributed by atoms with Crippen LogP contribution >= 0.6 is 22.9 Å². The Hall–Kier alpha value is -3.09. The summed E-state index contributed by atoms with van der Waals surface area (Å²) in [5.74, 6) is -2.46. The highest BCUT2D eigenvalue weighted by molar-refractivity contribution is 7.13. The van der Waals surface area contributed by atoms with Gasteiger partial charge < -0.3 is 25.8 Å². The Labute approximate surface area is 224 Å². The maximum Gasteiger partial charge on any atom is 0.313 e. The van der Waals surface area contributed by atoms with Crippen LogP contribution in [0.25, 0.3) is 0 Å². The van der Waals surface area contributed by atoms with Gasteiger partial charge in [-0.3, -0.25) is 19.2 Å². The first kappa shape index (κ1) is 27.0. The van der Waals surface area contributed by atoms with Crippen LogP contribution in [-0.4, -0.2) is 76.7 Å². The molecular weight excluding hydrogens is 518 g/mol. The van der Waals surface area contributed by atoms with Crippen molar-refractivity contribution in [3.05, 3.63) is 39.1 Å². The summed E-state index contributed by atoms with van der Waals surface area (Å²) in [7, 11) is 5.42. The first-order valence-electron chi connectivity index (χ1n) is 12.0. The van der Waals surface area contributed by atoms with E-state index >= 15 is 0 Å². The molecule has 11 nitrogen and oxygen atoms in total. The smallest absolute Gasteiger partial charge is 0.313 e. The number of halogens is 1. The molecule has 13 heteroatoms. The number of pyridine rings is 1. The van der Waals surface area contributed by atoms with Crippen molar-refractivity contribution in [2.75, 3.05) is 33.0 Å². The third-order valence-corrected chi connectivity index (χ3v) is 7.95. The zero-order valence-electron chi connectivity index (χ0n) is 21.0. The summed E-state index contributed by atoms with van der Waals surface area (Å²) < 4.78 is 0. The number of amides is 4. The van der Waals surface area contributed by atoms with Crippen molar-refractivity contribution in [1.82, 2.24) is 30.4 Å². The Bertz CT molecular complexity index is 1190. The van der Waals surface area contributed by atoms with Gasteiger partial charge in [-0.25, -0.2) is 9.97 Å². The first-order chi connectivity index (χ1) is 17.5. The predicted octanol–water partition coefficient (Wildman–Crippen LogP) is 1.64. The standard InChI is InChI=1S/C24H30ClN7O4S/c1-31(2)23(36)14-6-9-24(10-7-14,29-20(34)19(33)27-15-4-5-18(25)26-12-15)30-21(35)22-28-16-8-11-32(3)13-17(16)37-22/h4-5,12,14H,6-11,13H2,1-3H3,(H,27,33)(H,29,34)(H,30,35)/t14-,24+. The molecule has 2 aromatic rings. The van der Waals surface area contributed by atoms with Crippen molar-refractivity contribution >= 4 is 52.3 Å². The lowest BCUT2D eigenvalue weighted by Gasteiger charge is -2.41. The summed E-state index contributed by atoms with van der Waals surface area (Å²) in [6.07, 6.45) is 3.58. The molecule has 0 bridgehead atoms. The second kappa shape index (κ2) is 11.1. The number of fused-ring (bicyclic) bond motifs is 1. The minimum atomic E-state index is -1.20. The number of carbonyl (C=O) groups excluding carboxylic acids is 4. The minimum absolute atomic E-state index is 0.00375. The number of hydrogen-bond donors (Lipinski definition) is 3. The predicted molar refractivity (Wildman–Crippen MR) is 139 cm³/mol. The van der Waals surface area contributed by atoms with Gasteiger partial charge in [0.1, 0.15) is 10.8 Å². The highest BCUT2D eigenvalue weighted by Crippen LogP contribution is 2.32. The van der Waals surface area contributed by atoms with E-state index in [-0.39, 0.29) is 17.0 Å². The lowest BCUT2D eigenvalue weighted by molar-refractivity contribution is -0.139. The van der Waals surface area contributed by atoms with E-state index < -0.39 is 23.4 Å². The van der Waals surface area contributed by atoms with Crippen molar-refractivity contribution in [1.29, 1.82) is 0 Å². The number of anilines is 1. The zero-order valence-corrected chi connectivity index (χ0v) is 22.5. The van der Waals surface area contributed by atoms with Gasteiger partial charge in [-0.15, -0.1) is 11.3 Å². The third-order valence-electron chi connectivity index (χ3n) is 6.64. The van der Waals surface area contributed by atoms with Crippen LogP contribution in [0, 0.1) is 5.92 Å². The van der Waals surface area contributed by atoms with Gasteiger partial charge in [-0.05, 0) is 44.9 Å². The molecule has 2 aromatic heterocycles. The van der Waals surface area contributed by atoms with Crippen LogP contribution in [0.5, 0.6) is 0 Å². The van der Waals surface area contributed by atoms with Gasteiger partial charge in [0.25, 0.3) is 5.91 Å². The topological polar surface area (TPSA) is 137 Å². The van der Waals surface area contributed by atoms with E-state index in [2.05, 4.69) is 30.8 Å². The Kier molecular flexibility index (Phi) is 8.10. The molecule has 198 valence electrons. The molecule has 0 radical (unpaired) electrons. The Morgan fingerprint density at radius 3 is 2.51 bits per heavy atom. The van der Waals surface area contributed by atoms with E-state index in [1.807, 2.05) is 7.05 Å². The Balaban J connectivity index is 1.50. The van der Waals surface area contributed by atoms with Gasteiger partial charge in [-0.1, -0.05) is 11.6 Å². The molecule has 0 unspecified atom stereocenters. The van der Waals surface area contributed by atoms with Crippen LogP contribution in [0.1, 0.15) is 46.1 Å². The third kappa shape index (κ3) is 6.43. The zero-order chi connectivity index (χ0) is 26.7. The molecule has 2 aliphatic rings. The van der Waals surface area contributed by atoms with Crippen LogP contribution in [-0.2, 0) is 27.3 Å². The van der Waals surface area contributed by atoms with E-state index in [0.29, 0.717) is 36.4 Å². The highest BCUT2D eigenvalue weighted by atomic mass is 35.5. The molecule has 0 saturated heterocycles. The van der Waals surface area contributed by atoms with E-state index in [4.69, 9.17) is 11.6 Å². The van der Waals surface area contributed by atoms with E-state index in [0.717, 1.165) is 30.1 Å². The van der Waals surface area contributed by atoms with Crippen LogP contribution in [0.4, 0.5) is 5.69 Å². The van der Waals surface area contributed by atoms with Crippen molar-refractivity contribution < 1.29 is 19.2 Å². The molecule has 4 rings (SSSR count). The van der Waals surface area contributed by atoms with Gasteiger partial charge in [-0.2, -0.15) is 0 Å². The minimum Gasteiger partial charge on any atom is -0.349 e. The van der Waals surface area contributed by atoms with Gasteiger partial charge in [0.05, 0.1) is 17.6 Å². The second-order valence-electron chi connectivity index (χ2n) is 9.70. The number of nitrogens with zero attached hydrogens (tertiary/aromatic N) is 4. The van der Waals surface area contributed by atoms with Gasteiger partial charge >= 0.3 is 11.8 Å². The summed E-state index contributed by atoms with van der Waals surface area (Å²) in [6.45, 7) is 1.60. The Morgan fingerprint density at radius 2 is 1.86 bits per heavy atom. The monoisotopic (exact) mass is 547 g/mol. The van der Waals surface area contributed by atoms with Crippen molar-refractivity contribution in [3.63, 3.8) is 0 Å². The molecule has 4 amide bonds. The molecule has 3 heterocycles. The van der Waals surface area contributed by atoms with E-state index in [1.54, 1.807) is 19.0 Å². The lowest BCUT2D eigenvalue weighted by Crippen LogP contribution is -2.64. The number of aromatic nitrogens is 2. The summed E-state index contributed by atoms with van der Waals surface area (Å²) >= 11 is 7.11. The number of thiazole rings is 1. The fraction of sp³-hybridized carbons (Fsp3) is 0.500. The van der Waals surface area contributed by atoms with Crippen molar-refractivity contribution in [2.24, 2.45) is 5.92 Å². The molecule has 1 saturated carbocycles. The second-order valence-corrected chi connectivity index (χ2v) is 11.2. The summed E-state index contributed by atoms with van der Waals surface area (Å²) in [5.41, 5.74) is 0.0272. The molecule has 0 atom stereocenters. The normalized spacial score (nSPS) is 21.5. The van der Waals surface area contributed by atoms with Crippen LogP contribution in [0.2, 0.25) is 5.15 Å². The SMILES string of the molecule is CN1CCc2nc(C(=O)N[C@]3(NC(=O)C(=O)Nc4ccc(Cl)nc4)CC[C@H](C(=O)N(C)C)CC3)sc2C1. The van der Waals surface area contributed by atoms with Crippen LogP contribution in [0.3, 0.4) is 0 Å². The fourth-order valence-corrected chi connectivity index (χ4v) is 5.80. The number of hydrogen-bond acceptors (Lipinski definition) is 8. The largest absolute Gasteiger partial charge is 0.349 e. The van der Waals surface area contributed by atoms with Gasteiger partial charge in [0.2, 0.25) is 5.91 Å². The number of rotatable bonds is 5. The number of likely N-dealkylation sites (N-methyl/N-ethyl adjacent to an activating group) is 1. The maximum absolute atomic E-state index is 13.3. The Morgan fingerprint density at radius 1 is 1.14 bits per heavy atom. The molecule has 0 aromatic carbocycles. The summed E-state index contributed by atoms with van der Waals surface area (Å²) in [5, 5.41) is 8.73. The average Bonchev–Trinajstić information content (AvgIpc) is 3.29. The van der Waals surface area contributed by atoms with Crippen molar-refractivity contribution in [2.45, 2.75) is 44.3 Å². The van der Waals surface area contributed by atoms with Gasteiger partial charge in [0.15, 0.2) is 5.01 Å². The quantitative estimate of drug-likeness (QED) is 0.294. The number of nitrogens with one attached hydrogen (secondary N) is 3. The lowest BCUT2D eigenvalue weighted by atomic mass is 9.80. The molecular formula is C24H30ClN7O4S. The van der Waals surface area contributed by atoms with Gasteiger partial charge in [0, 0.05) is 44.4 Å². The van der Waals surface area contributed by atoms with E-state index in [9.17, 15) is 19.2 Å². The van der Waals surface area contributed by atoms with Crippen LogP contribution in [0.15, 0.2) is 18.3 Å².